The first-order valence-corrected chi connectivity index (χ1v) is 7.04. The highest BCUT2D eigenvalue weighted by Crippen LogP contribution is 2.48. The number of allylic oxidation sites excluding steroid dienone is 2. The minimum atomic E-state index is -0.890. The van der Waals surface area contributed by atoms with E-state index in [9.17, 15) is 19.5 Å². The number of fused-ring (bicyclic) bond motifs is 2. The number of hydrogen-bond acceptors (Lipinski definition) is 3. The molecule has 0 radical (unpaired) electrons. The lowest BCUT2D eigenvalue weighted by Crippen LogP contribution is -2.51. The molecule has 5 atom stereocenters. The van der Waals surface area contributed by atoms with Gasteiger partial charge >= 0.3 is 5.97 Å². The summed E-state index contributed by atoms with van der Waals surface area (Å²) in [5.41, 5.74) is 0. The predicted octanol–water partition coefficient (Wildman–Crippen LogP) is -0.0959. The van der Waals surface area contributed by atoms with Gasteiger partial charge in [0, 0.05) is 19.0 Å². The molecule has 5 unspecified atom stereocenters. The summed E-state index contributed by atoms with van der Waals surface area (Å²) in [5, 5.41) is 14.9. The van der Waals surface area contributed by atoms with Gasteiger partial charge in [-0.05, 0) is 24.7 Å². The molecule has 1 saturated carbocycles. The number of aliphatic carboxylic acids is 1. The largest absolute Gasteiger partial charge is 0.481 e. The first-order valence-electron chi connectivity index (χ1n) is 7.04. The predicted molar refractivity (Wildman–Crippen MR) is 69.5 cm³/mol. The van der Waals surface area contributed by atoms with E-state index in [1.165, 1.54) is 0 Å². The van der Waals surface area contributed by atoms with Gasteiger partial charge in [0.2, 0.25) is 11.8 Å². The van der Waals surface area contributed by atoms with E-state index in [1.807, 2.05) is 12.2 Å². The Labute approximate surface area is 116 Å². The van der Waals surface area contributed by atoms with E-state index < -0.39 is 17.8 Å². The zero-order valence-electron chi connectivity index (χ0n) is 11.0. The molecule has 1 saturated heterocycles. The number of rotatable bonds is 3. The molecule has 3 N–H and O–H groups in total. The topological polar surface area (TPSA) is 95.5 Å². The third-order valence-electron chi connectivity index (χ3n) is 4.66. The SMILES string of the molecule is O=C1CCC(NC(=O)C2C3C=CC(C3)C2C(=O)O)CN1. The maximum Gasteiger partial charge on any atom is 0.307 e. The van der Waals surface area contributed by atoms with Crippen molar-refractivity contribution < 1.29 is 19.5 Å². The van der Waals surface area contributed by atoms with Crippen LogP contribution in [0.1, 0.15) is 19.3 Å². The van der Waals surface area contributed by atoms with Gasteiger partial charge in [-0.2, -0.15) is 0 Å². The minimum absolute atomic E-state index is 0.00164. The summed E-state index contributed by atoms with van der Waals surface area (Å²) >= 11 is 0. The monoisotopic (exact) mass is 278 g/mol. The fourth-order valence-electron chi connectivity index (χ4n) is 3.67. The third-order valence-corrected chi connectivity index (χ3v) is 4.66. The zero-order chi connectivity index (χ0) is 14.3. The average Bonchev–Trinajstić information content (AvgIpc) is 3.01. The van der Waals surface area contributed by atoms with Crippen LogP contribution in [0.5, 0.6) is 0 Å². The highest BCUT2D eigenvalue weighted by Gasteiger charge is 2.51. The molecule has 108 valence electrons. The zero-order valence-corrected chi connectivity index (χ0v) is 11.0. The van der Waals surface area contributed by atoms with Crippen LogP contribution in [0.15, 0.2) is 12.2 Å². The van der Waals surface area contributed by atoms with Crippen molar-refractivity contribution in [3.63, 3.8) is 0 Å². The molecule has 2 aliphatic carbocycles. The van der Waals surface area contributed by atoms with Gasteiger partial charge in [0.1, 0.15) is 0 Å². The normalized spacial score (nSPS) is 38.6. The number of carbonyl (C=O) groups excluding carboxylic acids is 2. The third kappa shape index (κ3) is 2.19. The number of nitrogens with one attached hydrogen (secondary N) is 2. The Balaban J connectivity index is 1.66. The van der Waals surface area contributed by atoms with Crippen LogP contribution in [-0.2, 0) is 14.4 Å². The van der Waals surface area contributed by atoms with Gasteiger partial charge in [0.15, 0.2) is 0 Å². The van der Waals surface area contributed by atoms with Crippen molar-refractivity contribution in [3.05, 3.63) is 12.2 Å². The molecular formula is C14H18N2O4. The summed E-state index contributed by atoms with van der Waals surface area (Å²) < 4.78 is 0. The quantitative estimate of drug-likeness (QED) is 0.628. The first-order chi connectivity index (χ1) is 9.56. The average molecular weight is 278 g/mol. The maximum absolute atomic E-state index is 12.4. The number of carbonyl (C=O) groups is 3. The lowest BCUT2D eigenvalue weighted by atomic mass is 9.82. The van der Waals surface area contributed by atoms with E-state index in [0.717, 1.165) is 6.42 Å². The van der Waals surface area contributed by atoms with Crippen LogP contribution in [0.25, 0.3) is 0 Å². The van der Waals surface area contributed by atoms with Gasteiger partial charge < -0.3 is 15.7 Å². The minimum Gasteiger partial charge on any atom is -0.481 e. The van der Waals surface area contributed by atoms with Gasteiger partial charge in [-0.3, -0.25) is 14.4 Å². The number of piperidine rings is 1. The van der Waals surface area contributed by atoms with E-state index in [4.69, 9.17) is 0 Å². The summed E-state index contributed by atoms with van der Waals surface area (Å²) in [6.07, 6.45) is 5.68. The molecule has 3 aliphatic rings. The number of amides is 2. The molecule has 0 aromatic rings. The molecule has 6 nitrogen and oxygen atoms in total. The van der Waals surface area contributed by atoms with Crippen molar-refractivity contribution >= 4 is 17.8 Å². The Kier molecular flexibility index (Phi) is 3.23. The molecule has 2 amide bonds. The highest BCUT2D eigenvalue weighted by atomic mass is 16.4. The fraction of sp³-hybridized carbons (Fsp3) is 0.643. The van der Waals surface area contributed by atoms with E-state index >= 15 is 0 Å². The Morgan fingerprint density at radius 2 is 1.95 bits per heavy atom. The molecule has 1 heterocycles. The summed E-state index contributed by atoms with van der Waals surface area (Å²) in [5.74, 6) is -2.13. The Morgan fingerprint density at radius 1 is 1.25 bits per heavy atom. The fourth-order valence-corrected chi connectivity index (χ4v) is 3.67. The molecule has 1 aliphatic heterocycles. The van der Waals surface area contributed by atoms with Crippen molar-refractivity contribution in [2.45, 2.75) is 25.3 Å². The number of hydrogen-bond donors (Lipinski definition) is 3. The molecule has 2 bridgehead atoms. The lowest BCUT2D eigenvalue weighted by molar-refractivity contribution is -0.148. The van der Waals surface area contributed by atoms with Crippen molar-refractivity contribution in [1.82, 2.24) is 10.6 Å². The Hall–Kier alpha value is -1.85. The second-order valence-electron chi connectivity index (χ2n) is 5.89. The maximum atomic E-state index is 12.4. The molecule has 0 aromatic carbocycles. The lowest BCUT2D eigenvalue weighted by Gasteiger charge is -2.28. The first kappa shape index (κ1) is 13.1. The van der Waals surface area contributed by atoms with Gasteiger partial charge in [0.05, 0.1) is 11.8 Å². The number of carboxylic acid groups (broad SMARTS) is 1. The van der Waals surface area contributed by atoms with E-state index in [1.54, 1.807) is 0 Å². The highest BCUT2D eigenvalue weighted by molar-refractivity contribution is 5.87. The van der Waals surface area contributed by atoms with Crippen LogP contribution >= 0.6 is 0 Å². The second kappa shape index (κ2) is 4.92. The van der Waals surface area contributed by atoms with Crippen molar-refractivity contribution in [2.24, 2.45) is 23.7 Å². The van der Waals surface area contributed by atoms with Gasteiger partial charge in [-0.25, -0.2) is 0 Å². The van der Waals surface area contributed by atoms with Crippen LogP contribution < -0.4 is 10.6 Å². The number of carboxylic acids is 1. The van der Waals surface area contributed by atoms with Crippen molar-refractivity contribution in [3.8, 4) is 0 Å². The Morgan fingerprint density at radius 3 is 2.55 bits per heavy atom. The van der Waals surface area contributed by atoms with Gasteiger partial charge in [-0.15, -0.1) is 0 Å². The second-order valence-corrected chi connectivity index (χ2v) is 5.89. The van der Waals surface area contributed by atoms with Gasteiger partial charge in [0.25, 0.3) is 0 Å². The molecular weight excluding hydrogens is 260 g/mol. The van der Waals surface area contributed by atoms with Crippen LogP contribution in [0.3, 0.4) is 0 Å². The standard InChI is InChI=1S/C14H18N2O4/c17-10-4-3-9(6-15-10)16-13(18)11-7-1-2-8(5-7)12(11)14(19)20/h1-2,7-9,11-12H,3-6H2,(H,15,17)(H,16,18)(H,19,20). The van der Waals surface area contributed by atoms with Crippen LogP contribution in [-0.4, -0.2) is 35.5 Å². The summed E-state index contributed by atoms with van der Waals surface area (Å²) in [7, 11) is 0. The van der Waals surface area contributed by atoms with E-state index in [2.05, 4.69) is 10.6 Å². The van der Waals surface area contributed by atoms with Crippen LogP contribution in [0, 0.1) is 23.7 Å². The Bertz CT molecular complexity index is 478. The summed E-state index contributed by atoms with van der Waals surface area (Å²) in [6.45, 7) is 0.430. The van der Waals surface area contributed by atoms with Crippen LogP contribution in [0.2, 0.25) is 0 Å². The van der Waals surface area contributed by atoms with E-state index in [-0.39, 0.29) is 29.7 Å². The molecule has 0 spiro atoms. The molecule has 6 heteroatoms. The summed E-state index contributed by atoms with van der Waals surface area (Å²) in [4.78, 5) is 34.8. The van der Waals surface area contributed by atoms with E-state index in [0.29, 0.717) is 19.4 Å². The van der Waals surface area contributed by atoms with Crippen molar-refractivity contribution in [2.75, 3.05) is 6.54 Å². The molecule has 2 fully saturated rings. The molecule has 20 heavy (non-hydrogen) atoms. The molecule has 3 rings (SSSR count). The van der Waals surface area contributed by atoms with Crippen LogP contribution in [0.4, 0.5) is 0 Å². The smallest absolute Gasteiger partial charge is 0.307 e. The molecule has 0 aromatic heterocycles. The van der Waals surface area contributed by atoms with Gasteiger partial charge in [-0.1, -0.05) is 12.2 Å². The summed E-state index contributed by atoms with van der Waals surface area (Å²) in [6, 6.07) is -0.0854. The van der Waals surface area contributed by atoms with Crippen molar-refractivity contribution in [1.29, 1.82) is 0 Å².